The highest BCUT2D eigenvalue weighted by atomic mass is 127. The van der Waals surface area contributed by atoms with E-state index in [0.29, 0.717) is 44.0 Å². The van der Waals surface area contributed by atoms with Gasteiger partial charge in [-0.25, -0.2) is 9.82 Å². The molecule has 10 heteroatoms. The Morgan fingerprint density at radius 2 is 1.69 bits per heavy atom. The van der Waals surface area contributed by atoms with E-state index in [1.165, 1.54) is 19.4 Å². The summed E-state index contributed by atoms with van der Waals surface area (Å²) in [4.78, 5) is 12.8. The van der Waals surface area contributed by atoms with E-state index in [1.54, 1.807) is 66.7 Å². The van der Waals surface area contributed by atoms with Crippen molar-refractivity contribution < 1.29 is 23.4 Å². The van der Waals surface area contributed by atoms with Crippen molar-refractivity contribution in [1.82, 2.24) is 5.43 Å². The van der Waals surface area contributed by atoms with Crippen LogP contribution in [0.15, 0.2) is 84.0 Å². The Morgan fingerprint density at radius 1 is 0.949 bits per heavy atom. The number of carbonyl (C=O) groups excluding carboxylic acids is 1. The number of amides is 1. The van der Waals surface area contributed by atoms with Crippen molar-refractivity contribution in [3.05, 3.63) is 121 Å². The standard InChI is InChI=1S/C29H22Cl2FIN2O4/c1-37-27-13-18(12-25(33)28(27)39-17-20-6-2-4-8-24(20)32)15-34-35-29(36)22-7-3-5-9-26(22)38-16-19-10-11-21(30)14-23(19)31/h2-15H,16-17H2,1H3,(H,35,36)/b34-15+. The average molecular weight is 679 g/mol. The van der Waals surface area contributed by atoms with Gasteiger partial charge in [-0.2, -0.15) is 5.10 Å². The minimum Gasteiger partial charge on any atom is -0.493 e. The molecule has 0 bridgehead atoms. The Balaban J connectivity index is 1.42. The number of methoxy groups -OCH3 is 1. The zero-order valence-electron chi connectivity index (χ0n) is 20.6. The summed E-state index contributed by atoms with van der Waals surface area (Å²) in [6, 6.07) is 21.9. The summed E-state index contributed by atoms with van der Waals surface area (Å²) in [5.41, 5.74) is 4.66. The quantitative estimate of drug-likeness (QED) is 0.106. The molecular weight excluding hydrogens is 657 g/mol. The fraction of sp³-hybridized carbons (Fsp3) is 0.103. The molecule has 0 fully saturated rings. The maximum Gasteiger partial charge on any atom is 0.275 e. The number of ether oxygens (including phenoxy) is 3. The predicted molar refractivity (Wildman–Crippen MR) is 159 cm³/mol. The lowest BCUT2D eigenvalue weighted by Crippen LogP contribution is -2.18. The normalized spacial score (nSPS) is 10.9. The molecule has 0 atom stereocenters. The molecule has 4 aromatic carbocycles. The average Bonchev–Trinajstić information content (AvgIpc) is 2.92. The Kier molecular flexibility index (Phi) is 10.0. The first-order chi connectivity index (χ1) is 18.9. The number of hydrazone groups is 1. The van der Waals surface area contributed by atoms with Crippen molar-refractivity contribution in [2.24, 2.45) is 5.10 Å². The molecule has 39 heavy (non-hydrogen) atoms. The van der Waals surface area contributed by atoms with Crippen LogP contribution in [0.3, 0.4) is 0 Å². The number of rotatable bonds is 10. The van der Waals surface area contributed by atoms with Crippen molar-refractivity contribution in [3.63, 3.8) is 0 Å². The van der Waals surface area contributed by atoms with Crippen LogP contribution in [0.5, 0.6) is 17.2 Å². The van der Waals surface area contributed by atoms with E-state index in [-0.39, 0.29) is 19.0 Å². The summed E-state index contributed by atoms with van der Waals surface area (Å²) >= 11 is 14.3. The molecule has 0 aromatic heterocycles. The third kappa shape index (κ3) is 7.62. The van der Waals surface area contributed by atoms with Gasteiger partial charge < -0.3 is 14.2 Å². The van der Waals surface area contributed by atoms with Crippen molar-refractivity contribution in [1.29, 1.82) is 0 Å². The van der Waals surface area contributed by atoms with Gasteiger partial charge in [0.1, 0.15) is 24.8 Å². The second-order valence-electron chi connectivity index (χ2n) is 8.13. The third-order valence-corrected chi connectivity index (χ3v) is 6.88. The minimum absolute atomic E-state index is 0.0498. The number of halogens is 4. The number of hydrogen-bond donors (Lipinski definition) is 1. The van der Waals surface area contributed by atoms with Gasteiger partial charge in [0.2, 0.25) is 0 Å². The zero-order valence-corrected chi connectivity index (χ0v) is 24.3. The molecule has 6 nitrogen and oxygen atoms in total. The summed E-state index contributed by atoms with van der Waals surface area (Å²) < 4.78 is 31.9. The van der Waals surface area contributed by atoms with Gasteiger partial charge in [-0.05, 0) is 70.6 Å². The van der Waals surface area contributed by atoms with Gasteiger partial charge in [0.05, 0.1) is 22.5 Å². The summed E-state index contributed by atoms with van der Waals surface area (Å²) in [5.74, 6) is 0.520. The molecule has 0 heterocycles. The maximum absolute atomic E-state index is 14.0. The second-order valence-corrected chi connectivity index (χ2v) is 10.1. The summed E-state index contributed by atoms with van der Waals surface area (Å²) in [6.45, 7) is 0.210. The summed E-state index contributed by atoms with van der Waals surface area (Å²) in [5, 5.41) is 5.09. The van der Waals surface area contributed by atoms with E-state index in [4.69, 9.17) is 37.4 Å². The van der Waals surface area contributed by atoms with Gasteiger partial charge in [0.15, 0.2) is 11.5 Å². The molecule has 0 saturated carbocycles. The van der Waals surface area contributed by atoms with Crippen LogP contribution in [0.4, 0.5) is 4.39 Å². The maximum atomic E-state index is 14.0. The number of nitrogens with zero attached hydrogens (tertiary/aromatic N) is 1. The minimum atomic E-state index is -0.449. The fourth-order valence-electron chi connectivity index (χ4n) is 3.52. The van der Waals surface area contributed by atoms with Gasteiger partial charge in [0.25, 0.3) is 5.91 Å². The number of benzene rings is 4. The lowest BCUT2D eigenvalue weighted by atomic mass is 10.2. The Labute approximate surface area is 248 Å². The Hall–Kier alpha value is -3.34. The van der Waals surface area contributed by atoms with Crippen LogP contribution in [0, 0.1) is 9.39 Å². The Morgan fingerprint density at radius 3 is 2.46 bits per heavy atom. The molecule has 4 aromatic rings. The lowest BCUT2D eigenvalue weighted by Gasteiger charge is -2.14. The molecule has 0 aliphatic carbocycles. The number of nitrogens with one attached hydrogen (secondary N) is 1. The number of hydrogen-bond acceptors (Lipinski definition) is 5. The number of carbonyl (C=O) groups is 1. The van der Waals surface area contributed by atoms with E-state index in [1.807, 2.05) is 6.07 Å². The van der Waals surface area contributed by atoms with E-state index >= 15 is 0 Å². The highest BCUT2D eigenvalue weighted by Crippen LogP contribution is 2.34. The van der Waals surface area contributed by atoms with Crippen molar-refractivity contribution in [2.45, 2.75) is 13.2 Å². The molecule has 0 aliphatic rings. The van der Waals surface area contributed by atoms with Gasteiger partial charge in [0, 0.05) is 21.2 Å². The van der Waals surface area contributed by atoms with Crippen LogP contribution in [0.2, 0.25) is 10.0 Å². The topological polar surface area (TPSA) is 69.2 Å². The molecule has 1 N–H and O–H groups in total. The first-order valence-electron chi connectivity index (χ1n) is 11.6. The van der Waals surface area contributed by atoms with Crippen molar-refractivity contribution >= 4 is 57.9 Å². The molecule has 0 aliphatic heterocycles. The molecule has 0 saturated heterocycles. The number of para-hydroxylation sites is 1. The van der Waals surface area contributed by atoms with Crippen LogP contribution in [-0.4, -0.2) is 19.2 Å². The molecule has 0 radical (unpaired) electrons. The second kappa shape index (κ2) is 13.6. The van der Waals surface area contributed by atoms with Crippen LogP contribution in [-0.2, 0) is 13.2 Å². The highest BCUT2D eigenvalue weighted by Gasteiger charge is 2.14. The highest BCUT2D eigenvalue weighted by molar-refractivity contribution is 14.1. The first-order valence-corrected chi connectivity index (χ1v) is 13.4. The van der Waals surface area contributed by atoms with Crippen molar-refractivity contribution in [3.8, 4) is 17.2 Å². The summed E-state index contributed by atoms with van der Waals surface area (Å²) in [6.07, 6.45) is 1.49. The zero-order chi connectivity index (χ0) is 27.8. The van der Waals surface area contributed by atoms with E-state index in [9.17, 15) is 9.18 Å². The molecule has 4 rings (SSSR count). The fourth-order valence-corrected chi connectivity index (χ4v) is 4.76. The molecule has 0 unspecified atom stereocenters. The van der Waals surface area contributed by atoms with Crippen LogP contribution < -0.4 is 19.6 Å². The van der Waals surface area contributed by atoms with Crippen LogP contribution >= 0.6 is 45.8 Å². The van der Waals surface area contributed by atoms with E-state index in [0.717, 1.165) is 9.13 Å². The van der Waals surface area contributed by atoms with E-state index in [2.05, 4.69) is 33.1 Å². The van der Waals surface area contributed by atoms with E-state index < -0.39 is 5.91 Å². The van der Waals surface area contributed by atoms with Gasteiger partial charge in [-0.3, -0.25) is 4.79 Å². The molecule has 1 amide bonds. The molecular formula is C29H22Cl2FIN2O4. The largest absolute Gasteiger partial charge is 0.493 e. The van der Waals surface area contributed by atoms with Crippen molar-refractivity contribution in [2.75, 3.05) is 7.11 Å². The SMILES string of the molecule is COc1cc(/C=N/NC(=O)c2ccccc2OCc2ccc(Cl)cc2Cl)cc(I)c1OCc1ccccc1F. The monoisotopic (exact) mass is 678 g/mol. The summed E-state index contributed by atoms with van der Waals surface area (Å²) in [7, 11) is 1.51. The third-order valence-electron chi connectivity index (χ3n) is 5.49. The smallest absolute Gasteiger partial charge is 0.275 e. The van der Waals surface area contributed by atoms with Gasteiger partial charge in [-0.15, -0.1) is 0 Å². The molecule has 200 valence electrons. The van der Waals surface area contributed by atoms with Gasteiger partial charge >= 0.3 is 0 Å². The van der Waals surface area contributed by atoms with Gasteiger partial charge in [-0.1, -0.05) is 59.6 Å². The first kappa shape index (κ1) is 28.7. The predicted octanol–water partition coefficient (Wildman–Crippen LogP) is 7.67. The van der Waals surface area contributed by atoms with Crippen LogP contribution in [0.1, 0.15) is 27.0 Å². The Bertz CT molecular complexity index is 1520. The molecule has 0 spiro atoms. The van der Waals surface area contributed by atoms with Crippen LogP contribution in [0.25, 0.3) is 0 Å². The lowest BCUT2D eigenvalue weighted by molar-refractivity contribution is 0.0950.